The zero-order valence-electron chi connectivity index (χ0n) is 75.2. The molecule has 6 aromatic carbocycles. The van der Waals surface area contributed by atoms with Crippen molar-refractivity contribution in [3.05, 3.63) is 179 Å². The van der Waals surface area contributed by atoms with E-state index in [-0.39, 0.29) is 107 Å². The molecule has 16 atom stereocenters. The molecule has 12 rings (SSSR count). The fourth-order valence-electron chi connectivity index (χ4n) is 18.3. The molecule has 0 radical (unpaired) electrons. The highest BCUT2D eigenvalue weighted by atomic mass is 19.1. The number of likely N-dealkylation sites (tertiary alicyclic amines) is 4. The monoisotopic (exact) mass is 1770 g/mol. The van der Waals surface area contributed by atoms with Crippen LogP contribution < -0.4 is 52.3 Å². The Morgan fingerprint density at radius 2 is 0.500 bits per heavy atom. The molecule has 0 unspecified atom stereocenters. The molecule has 0 aromatic heterocycles. The van der Waals surface area contributed by atoms with Gasteiger partial charge >= 0.3 is 24.4 Å². The average Bonchev–Trinajstić information content (AvgIpc) is 1.63. The third-order valence-electron chi connectivity index (χ3n) is 26.4. The van der Waals surface area contributed by atoms with Gasteiger partial charge in [-0.2, -0.15) is 0 Å². The number of nitrogens with one attached hydrogen (secondary N) is 8. The molecule has 128 heavy (non-hydrogen) atoms. The van der Waals surface area contributed by atoms with E-state index in [1.54, 1.807) is 43.9 Å². The highest BCUT2D eigenvalue weighted by molar-refractivity contribution is 6.02. The first-order valence-electron chi connectivity index (χ1n) is 44.9. The number of benzene rings is 6. The molecule has 6 aliphatic rings. The molecule has 0 spiro atoms. The summed E-state index contributed by atoms with van der Waals surface area (Å²) in [5, 5.41) is 22.6. The number of hydrogen-bond donors (Lipinski definition) is 8. The lowest BCUT2D eigenvalue weighted by atomic mass is 9.97. The number of methoxy groups -OCH3 is 4. The molecular weight excluding hydrogens is 1640 g/mol. The number of alkyl carbamates (subject to hydrolysis) is 4. The first kappa shape index (κ1) is 96.3. The first-order valence-corrected chi connectivity index (χ1v) is 44.9. The molecule has 6 heterocycles. The number of rotatable bonds is 30. The first-order chi connectivity index (χ1) is 61.5. The minimum absolute atomic E-state index is 0.0823. The standard InChI is InChI=1S/2C48H62FN7O8/c2*1-7-29(3)41(52-47(61)63-5)45(59)54-27-9-11-39(54)43(57)50-34-19-13-31(14-20-34)37-25-26-38(56(37)36-23-17-33(49)18-24-36)32-15-21-35(22-16-32)51-44(58)40-12-10-28-55(40)46(60)42(30(4)8-2)53-48(62)64-6/h2*13-24,29-30,37-42H,7-12,25-28H2,1-6H3,(H,50,57)(H,51,58)(H,52,61)(H,53,62)/t29-,30-,37+,38+,39-,40-,41-,42-;29-,30-,37-,38-,39-,40-,41-,42-/m00/s1. The van der Waals surface area contributed by atoms with Gasteiger partial charge in [-0.25, -0.2) is 28.0 Å². The Hall–Kier alpha value is -12.4. The van der Waals surface area contributed by atoms with Gasteiger partial charge in [0.1, 0.15) is 60.0 Å². The number of carbonyl (C=O) groups is 12. The largest absolute Gasteiger partial charge is 0.453 e. The third-order valence-corrected chi connectivity index (χ3v) is 26.4. The third kappa shape index (κ3) is 23.1. The van der Waals surface area contributed by atoms with Gasteiger partial charge in [0.25, 0.3) is 0 Å². The van der Waals surface area contributed by atoms with Crippen LogP contribution in [0.3, 0.4) is 0 Å². The molecular formula is C96H124F2N14O16. The molecule has 8 N–H and O–H groups in total. The van der Waals surface area contributed by atoms with Crippen molar-refractivity contribution in [1.29, 1.82) is 0 Å². The fourth-order valence-corrected chi connectivity index (χ4v) is 18.3. The number of ether oxygens (including phenoxy) is 4. The summed E-state index contributed by atoms with van der Waals surface area (Å²) in [6.45, 7) is 16.9. The Labute approximate surface area is 747 Å². The van der Waals surface area contributed by atoms with E-state index in [1.807, 2.05) is 152 Å². The van der Waals surface area contributed by atoms with Gasteiger partial charge in [-0.15, -0.1) is 0 Å². The van der Waals surface area contributed by atoms with Gasteiger partial charge in [0, 0.05) is 60.3 Å². The molecule has 0 bridgehead atoms. The summed E-state index contributed by atoms with van der Waals surface area (Å²) in [4.78, 5) is 168. The van der Waals surface area contributed by atoms with Crippen molar-refractivity contribution in [3.63, 3.8) is 0 Å². The number of halogens is 2. The Kier molecular flexibility index (Phi) is 33.7. The van der Waals surface area contributed by atoms with Crippen LogP contribution in [0.5, 0.6) is 0 Å². The summed E-state index contributed by atoms with van der Waals surface area (Å²) in [6.07, 6.45) is 7.60. The number of hydrogen-bond acceptors (Lipinski definition) is 18. The van der Waals surface area contributed by atoms with Crippen LogP contribution in [0.2, 0.25) is 0 Å². The second-order valence-electron chi connectivity index (χ2n) is 34.2. The number of nitrogens with zero attached hydrogens (tertiary/aromatic N) is 6. The van der Waals surface area contributed by atoms with Crippen LogP contribution in [0.4, 0.5) is 62.1 Å². The van der Waals surface area contributed by atoms with Gasteiger partial charge in [-0.1, -0.05) is 130 Å². The summed E-state index contributed by atoms with van der Waals surface area (Å²) < 4.78 is 47.5. The smallest absolute Gasteiger partial charge is 0.407 e. The predicted molar refractivity (Wildman–Crippen MR) is 482 cm³/mol. The average molecular weight is 1770 g/mol. The zero-order chi connectivity index (χ0) is 92.2. The van der Waals surface area contributed by atoms with Gasteiger partial charge in [0.15, 0.2) is 0 Å². The quantitative estimate of drug-likeness (QED) is 0.0194. The highest BCUT2D eigenvalue weighted by Crippen LogP contribution is 2.49. The maximum absolute atomic E-state index is 14.2. The van der Waals surface area contributed by atoms with E-state index in [1.165, 1.54) is 52.7 Å². The molecule has 32 heteroatoms. The van der Waals surface area contributed by atoms with Gasteiger partial charge < -0.3 is 90.9 Å². The summed E-state index contributed by atoms with van der Waals surface area (Å²) in [5.41, 5.74) is 8.03. The second-order valence-corrected chi connectivity index (χ2v) is 34.2. The van der Waals surface area contributed by atoms with Crippen molar-refractivity contribution < 1.29 is 85.3 Å². The van der Waals surface area contributed by atoms with Crippen molar-refractivity contribution in [2.45, 2.75) is 231 Å². The molecule has 6 saturated heterocycles. The van der Waals surface area contributed by atoms with Crippen LogP contribution in [0.15, 0.2) is 146 Å². The van der Waals surface area contributed by atoms with Gasteiger partial charge in [0.05, 0.1) is 52.6 Å². The van der Waals surface area contributed by atoms with E-state index in [4.69, 9.17) is 18.9 Å². The molecule has 0 aliphatic carbocycles. The minimum Gasteiger partial charge on any atom is -0.453 e. The van der Waals surface area contributed by atoms with Crippen LogP contribution in [-0.2, 0) is 57.3 Å². The van der Waals surface area contributed by atoms with Crippen LogP contribution in [0.1, 0.15) is 205 Å². The second kappa shape index (κ2) is 44.9. The van der Waals surface area contributed by atoms with Crippen molar-refractivity contribution in [3.8, 4) is 0 Å². The molecule has 30 nitrogen and oxygen atoms in total. The number of anilines is 6. The Balaban J connectivity index is 0.000000248. The maximum atomic E-state index is 14.2. The molecule has 0 saturated carbocycles. The van der Waals surface area contributed by atoms with Crippen LogP contribution in [0.25, 0.3) is 0 Å². The maximum Gasteiger partial charge on any atom is 0.407 e. The number of carbonyl (C=O) groups excluding carboxylic acids is 12. The summed E-state index contributed by atoms with van der Waals surface area (Å²) in [6, 6.07) is 37.1. The molecule has 12 amide bonds. The van der Waals surface area contributed by atoms with Crippen molar-refractivity contribution in [2.24, 2.45) is 23.7 Å². The van der Waals surface area contributed by atoms with Crippen molar-refractivity contribution in [2.75, 3.05) is 85.7 Å². The van der Waals surface area contributed by atoms with Gasteiger partial charge in [0.2, 0.25) is 47.3 Å². The van der Waals surface area contributed by atoms with Crippen molar-refractivity contribution >= 4 is 106 Å². The van der Waals surface area contributed by atoms with E-state index in [2.05, 4.69) is 52.3 Å². The molecule has 6 aliphatic heterocycles. The Bertz CT molecular complexity index is 4290. The Morgan fingerprint density at radius 3 is 0.680 bits per heavy atom. The van der Waals surface area contributed by atoms with Crippen molar-refractivity contribution in [1.82, 2.24) is 40.9 Å². The lowest BCUT2D eigenvalue weighted by Crippen LogP contribution is -2.54. The predicted octanol–water partition coefficient (Wildman–Crippen LogP) is 14.6. The van der Waals surface area contributed by atoms with E-state index < -0.39 is 72.7 Å². The molecule has 6 aromatic rings. The van der Waals surface area contributed by atoms with E-state index in [0.29, 0.717) is 126 Å². The zero-order valence-corrected chi connectivity index (χ0v) is 75.2. The normalized spacial score (nSPS) is 21.3. The minimum atomic E-state index is -0.817. The molecule has 688 valence electrons. The van der Waals surface area contributed by atoms with Crippen LogP contribution >= 0.6 is 0 Å². The SMILES string of the molecule is CC[C@H](C)[C@H](NC(=O)OC)C(=O)N1CCC[C@H]1C(=O)Nc1ccc([C@@H]2CC[C@@H](c3ccc(NC(=O)[C@@H]4CCCN4C(=O)[C@@H](NC(=O)OC)[C@@H](C)CC)cc3)N2c2ccc(F)cc2)cc1.CC[C@H](C)[C@H](NC(=O)OC)C(=O)N1CCC[C@H]1C(=O)Nc1ccc([C@H]2CC[C@H](c3ccc(NC(=O)[C@@H]4CCCN4C(=O)[C@@H](NC(=O)OC)[C@@H](C)CC)cc3)N2c2ccc(F)cc2)cc1. The molecule has 6 fully saturated rings. The highest BCUT2D eigenvalue weighted by Gasteiger charge is 2.46. The lowest BCUT2D eigenvalue weighted by Gasteiger charge is -2.33. The summed E-state index contributed by atoms with van der Waals surface area (Å²) >= 11 is 0. The van der Waals surface area contributed by atoms with E-state index in [0.717, 1.165) is 59.3 Å². The van der Waals surface area contributed by atoms with E-state index >= 15 is 0 Å². The summed E-state index contributed by atoms with van der Waals surface area (Å²) in [5.74, 6) is -3.78. The number of amides is 12. The van der Waals surface area contributed by atoms with Gasteiger partial charge in [-0.05, 0) is 220 Å². The van der Waals surface area contributed by atoms with E-state index in [9.17, 15) is 66.3 Å². The van der Waals surface area contributed by atoms with Crippen LogP contribution in [0, 0.1) is 35.3 Å². The summed E-state index contributed by atoms with van der Waals surface area (Å²) in [7, 11) is 4.99. The lowest BCUT2D eigenvalue weighted by molar-refractivity contribution is -0.139. The van der Waals surface area contributed by atoms with Crippen LogP contribution in [-0.4, -0.2) is 194 Å². The topological polar surface area (TPSA) is 357 Å². The van der Waals surface area contributed by atoms with Gasteiger partial charge in [-0.3, -0.25) is 38.4 Å². The fraction of sp³-hybridized carbons (Fsp3) is 0.500. The Morgan fingerprint density at radius 1 is 0.305 bits per heavy atom.